The summed E-state index contributed by atoms with van der Waals surface area (Å²) >= 11 is 8.81. The molecule has 2 aromatic rings. The van der Waals surface area contributed by atoms with Crippen molar-refractivity contribution in [3.8, 4) is 0 Å². The summed E-state index contributed by atoms with van der Waals surface area (Å²) in [5, 5.41) is 3.15. The van der Waals surface area contributed by atoms with Crippen LogP contribution in [0, 0.1) is 0 Å². The number of hydrogen-bond donors (Lipinski definition) is 1. The normalized spacial score (nSPS) is 12.0. The van der Waals surface area contributed by atoms with Crippen LogP contribution >= 0.6 is 27.5 Å². The first kappa shape index (κ1) is 17.7. The molecule has 0 atom stereocenters. The van der Waals surface area contributed by atoms with E-state index in [1.54, 1.807) is 42.5 Å². The predicted octanol–water partition coefficient (Wildman–Crippen LogP) is 3.46. The third kappa shape index (κ3) is 4.40. The van der Waals surface area contributed by atoms with Gasteiger partial charge in [0.25, 0.3) is 0 Å². The molecule has 0 aliphatic rings. The maximum atomic E-state index is 12.6. The van der Waals surface area contributed by atoms with Crippen LogP contribution in [-0.4, -0.2) is 25.1 Å². The highest BCUT2D eigenvalue weighted by molar-refractivity contribution is 9.10. The minimum atomic E-state index is -4.05. The molecule has 0 aliphatic carbocycles. The lowest BCUT2D eigenvalue weighted by Crippen LogP contribution is -2.27. The minimum absolute atomic E-state index is 0.0187. The zero-order valence-corrected chi connectivity index (χ0v) is 14.9. The quantitative estimate of drug-likeness (QED) is 0.351. The molecule has 0 aromatic heterocycles. The second-order valence-electron chi connectivity index (χ2n) is 4.41. The molecule has 0 aliphatic heterocycles. The van der Waals surface area contributed by atoms with Gasteiger partial charge in [0, 0.05) is 4.47 Å². The Kier molecular flexibility index (Phi) is 5.92. The lowest BCUT2D eigenvalue weighted by atomic mass is 10.3. The number of carbonyl (C=O) groups is 1. The molecule has 0 saturated carbocycles. The topological polar surface area (TPSA) is 75.6 Å². The Morgan fingerprint density at radius 2 is 1.70 bits per heavy atom. The van der Waals surface area contributed by atoms with E-state index in [1.165, 1.54) is 12.1 Å². The summed E-state index contributed by atoms with van der Waals surface area (Å²) in [6, 6.07) is 14.5. The fourth-order valence-electron chi connectivity index (χ4n) is 1.68. The molecule has 23 heavy (non-hydrogen) atoms. The third-order valence-corrected chi connectivity index (χ3v) is 5.29. The highest BCUT2D eigenvalue weighted by atomic mass is 79.9. The van der Waals surface area contributed by atoms with Gasteiger partial charge in [-0.2, -0.15) is 5.10 Å². The number of hydrazone groups is 1. The zero-order valence-electron chi connectivity index (χ0n) is 11.7. The maximum absolute atomic E-state index is 12.6. The van der Waals surface area contributed by atoms with Crippen molar-refractivity contribution in [2.24, 2.45) is 5.10 Å². The second-order valence-corrected chi connectivity index (χ2v) is 7.46. The van der Waals surface area contributed by atoms with Gasteiger partial charge in [0.05, 0.1) is 16.5 Å². The van der Waals surface area contributed by atoms with Crippen molar-refractivity contribution in [2.75, 3.05) is 11.3 Å². The van der Waals surface area contributed by atoms with Crippen molar-refractivity contribution in [3.63, 3.8) is 0 Å². The summed E-state index contributed by atoms with van der Waals surface area (Å²) in [5.41, 5.74) is 3.11. The molecular formula is C15H12BrClN2O3S. The summed E-state index contributed by atoms with van der Waals surface area (Å²) in [6.07, 6.45) is 0. The van der Waals surface area contributed by atoms with Crippen molar-refractivity contribution in [1.82, 2.24) is 0 Å². The van der Waals surface area contributed by atoms with Crippen molar-refractivity contribution in [2.45, 2.75) is 4.90 Å². The van der Waals surface area contributed by atoms with Crippen molar-refractivity contribution in [3.05, 3.63) is 59.1 Å². The van der Waals surface area contributed by atoms with E-state index in [0.29, 0.717) is 5.69 Å². The number of halogens is 2. The lowest BCUT2D eigenvalue weighted by molar-refractivity contribution is -0.110. The van der Waals surface area contributed by atoms with Crippen LogP contribution in [0.1, 0.15) is 0 Å². The molecule has 1 N–H and O–H groups in total. The molecule has 0 radical (unpaired) electrons. The number of benzene rings is 2. The fourth-order valence-corrected chi connectivity index (χ4v) is 3.43. The first-order valence-corrected chi connectivity index (χ1v) is 9.25. The van der Waals surface area contributed by atoms with Gasteiger partial charge in [0.2, 0.25) is 20.7 Å². The molecule has 0 spiro atoms. The second kappa shape index (κ2) is 7.72. The lowest BCUT2D eigenvalue weighted by Gasteiger charge is -2.07. The van der Waals surface area contributed by atoms with Gasteiger partial charge >= 0.3 is 0 Å². The van der Waals surface area contributed by atoms with E-state index in [0.717, 1.165) is 4.47 Å². The molecule has 8 heteroatoms. The number of carbonyl (C=O) groups excluding carboxylic acids is 1. The van der Waals surface area contributed by atoms with Crippen LogP contribution in [0.2, 0.25) is 0 Å². The maximum Gasteiger partial charge on any atom is 0.229 e. The SMILES string of the molecule is O=C(CCl)/C(=N\Nc1ccc(Br)cc1)S(=O)(=O)c1ccccc1. The Hall–Kier alpha value is -1.70. The number of rotatable bonds is 5. The summed E-state index contributed by atoms with van der Waals surface area (Å²) < 4.78 is 26.0. The number of nitrogens with one attached hydrogen (secondary N) is 1. The smallest absolute Gasteiger partial charge is 0.229 e. The van der Waals surface area contributed by atoms with Gasteiger partial charge in [0.1, 0.15) is 0 Å². The van der Waals surface area contributed by atoms with E-state index in [1.807, 2.05) is 0 Å². The van der Waals surface area contributed by atoms with E-state index in [9.17, 15) is 13.2 Å². The number of sulfone groups is 1. The third-order valence-electron chi connectivity index (χ3n) is 2.80. The van der Waals surface area contributed by atoms with Gasteiger partial charge < -0.3 is 0 Å². The molecule has 0 unspecified atom stereocenters. The Morgan fingerprint density at radius 1 is 1.09 bits per heavy atom. The first-order valence-electron chi connectivity index (χ1n) is 6.43. The van der Waals surface area contributed by atoms with E-state index in [2.05, 4.69) is 26.5 Å². The van der Waals surface area contributed by atoms with Gasteiger partial charge in [-0.15, -0.1) is 11.6 Å². The van der Waals surface area contributed by atoms with Crippen LogP contribution in [0.4, 0.5) is 5.69 Å². The molecule has 0 amide bonds. The molecule has 0 fully saturated rings. The van der Waals surface area contributed by atoms with Crippen LogP contribution in [0.15, 0.2) is 69.1 Å². The van der Waals surface area contributed by atoms with E-state index >= 15 is 0 Å². The van der Waals surface area contributed by atoms with Gasteiger partial charge in [-0.1, -0.05) is 34.1 Å². The highest BCUT2D eigenvalue weighted by Crippen LogP contribution is 2.16. The Bertz CT molecular complexity index is 822. The molecule has 2 aromatic carbocycles. The molecule has 2 rings (SSSR count). The highest BCUT2D eigenvalue weighted by Gasteiger charge is 2.28. The van der Waals surface area contributed by atoms with Gasteiger partial charge in [0.15, 0.2) is 0 Å². The largest absolute Gasteiger partial charge is 0.290 e. The summed E-state index contributed by atoms with van der Waals surface area (Å²) in [4.78, 5) is 11.9. The minimum Gasteiger partial charge on any atom is -0.290 e. The van der Waals surface area contributed by atoms with Crippen LogP contribution < -0.4 is 5.43 Å². The fraction of sp³-hybridized carbons (Fsp3) is 0.0667. The molecule has 5 nitrogen and oxygen atoms in total. The number of Topliss-reactive ketones (excluding diaryl/α,β-unsaturated/α-hetero) is 1. The van der Waals surface area contributed by atoms with Crippen molar-refractivity contribution in [1.29, 1.82) is 0 Å². The van der Waals surface area contributed by atoms with Crippen LogP contribution in [0.25, 0.3) is 0 Å². The zero-order chi connectivity index (χ0) is 16.9. The summed E-state index contributed by atoms with van der Waals surface area (Å²) in [5.74, 6) is -1.26. The number of ketones is 1. The summed E-state index contributed by atoms with van der Waals surface area (Å²) in [7, 11) is -4.05. The van der Waals surface area contributed by atoms with Crippen molar-refractivity contribution >= 4 is 53.9 Å². The molecule has 120 valence electrons. The molecular weight excluding hydrogens is 404 g/mol. The summed E-state index contributed by atoms with van der Waals surface area (Å²) in [6.45, 7) is 0. The predicted molar refractivity (Wildman–Crippen MR) is 94.6 cm³/mol. The first-order chi connectivity index (χ1) is 10.9. The van der Waals surface area contributed by atoms with Crippen molar-refractivity contribution < 1.29 is 13.2 Å². The molecule has 0 bridgehead atoms. The number of alkyl halides is 1. The monoisotopic (exact) mass is 414 g/mol. The average molecular weight is 416 g/mol. The Balaban J connectivity index is 2.39. The number of hydrogen-bond acceptors (Lipinski definition) is 5. The average Bonchev–Trinajstić information content (AvgIpc) is 2.57. The molecule has 0 saturated heterocycles. The van der Waals surface area contributed by atoms with Gasteiger partial charge in [-0.25, -0.2) is 8.42 Å². The number of anilines is 1. The molecule has 0 heterocycles. The van der Waals surface area contributed by atoms with E-state index in [-0.39, 0.29) is 4.90 Å². The van der Waals surface area contributed by atoms with Crippen LogP contribution in [0.3, 0.4) is 0 Å². The Labute approximate surface area is 147 Å². The standard InChI is InChI=1S/C15H12BrClN2O3S/c16-11-6-8-12(9-7-11)18-19-15(14(20)10-17)23(21,22)13-4-2-1-3-5-13/h1-9,18H,10H2/b19-15+. The Morgan fingerprint density at radius 3 is 2.26 bits per heavy atom. The van der Waals surface area contributed by atoms with E-state index in [4.69, 9.17) is 11.6 Å². The van der Waals surface area contributed by atoms with E-state index < -0.39 is 26.5 Å². The van der Waals surface area contributed by atoms with Crippen LogP contribution in [-0.2, 0) is 14.6 Å². The van der Waals surface area contributed by atoms with Gasteiger partial charge in [-0.3, -0.25) is 10.2 Å². The van der Waals surface area contributed by atoms with Crippen LogP contribution in [0.5, 0.6) is 0 Å². The van der Waals surface area contributed by atoms with Gasteiger partial charge in [-0.05, 0) is 36.4 Å². The number of nitrogens with zero attached hydrogens (tertiary/aromatic N) is 1.